The minimum absolute atomic E-state index is 0. The average molecular weight is 519 g/mol. The molecule has 2 aromatic rings. The fourth-order valence-electron chi connectivity index (χ4n) is 3.24. The van der Waals surface area contributed by atoms with E-state index in [0.29, 0.717) is 31.4 Å². The summed E-state index contributed by atoms with van der Waals surface area (Å²) in [6.07, 6.45) is 2.56. The molecule has 158 valence electrons. The summed E-state index contributed by atoms with van der Waals surface area (Å²) in [5.74, 6) is -0.527. The number of pyridine rings is 1. The number of anilines is 1. The molecule has 5 nitrogen and oxygen atoms in total. The van der Waals surface area contributed by atoms with E-state index >= 15 is 0 Å². The maximum Gasteiger partial charge on any atom is 0.191 e. The summed E-state index contributed by atoms with van der Waals surface area (Å²) in [4.78, 5) is 10.4. The quantitative estimate of drug-likeness (QED) is 0.349. The molecule has 0 spiro atoms. The molecule has 2 N–H and O–H groups in total. The average Bonchev–Trinajstić information content (AvgIpc) is 3.13. The summed E-state index contributed by atoms with van der Waals surface area (Å²) in [5, 5.41) is 6.45. The molecule has 1 aliphatic heterocycles. The second-order valence-corrected chi connectivity index (χ2v) is 6.60. The number of aromatic nitrogens is 1. The smallest absolute Gasteiger partial charge is 0.191 e. The standard InChI is InChI=1S/C20H24F3N5.HI/c1-2-24-20(26-11-8-15-16(21)5-3-6-17(15)22)27-14-9-12-28(13-14)19-18(23)7-4-10-25-19;/h3-7,10,14H,2,8-9,11-13H2,1H3,(H2,24,26,27);1H. The van der Waals surface area contributed by atoms with Crippen molar-refractivity contribution in [1.29, 1.82) is 0 Å². The van der Waals surface area contributed by atoms with E-state index in [4.69, 9.17) is 0 Å². The lowest BCUT2D eigenvalue weighted by atomic mass is 10.1. The summed E-state index contributed by atoms with van der Waals surface area (Å²) in [6, 6.07) is 6.88. The van der Waals surface area contributed by atoms with Crippen molar-refractivity contribution >= 4 is 35.8 Å². The Hall–Kier alpha value is -2.04. The van der Waals surface area contributed by atoms with Crippen molar-refractivity contribution in [3.8, 4) is 0 Å². The largest absolute Gasteiger partial charge is 0.357 e. The highest BCUT2D eigenvalue weighted by Crippen LogP contribution is 2.20. The molecule has 29 heavy (non-hydrogen) atoms. The molecule has 1 atom stereocenters. The van der Waals surface area contributed by atoms with Crippen LogP contribution in [0.2, 0.25) is 0 Å². The second kappa shape index (κ2) is 11.2. The first-order valence-corrected chi connectivity index (χ1v) is 9.41. The molecular weight excluding hydrogens is 494 g/mol. The molecule has 1 aromatic carbocycles. The van der Waals surface area contributed by atoms with E-state index in [-0.39, 0.29) is 54.4 Å². The third-order valence-electron chi connectivity index (χ3n) is 4.61. The summed E-state index contributed by atoms with van der Waals surface area (Å²) in [6.45, 7) is 4.13. The molecular formula is C20H25F3IN5. The van der Waals surface area contributed by atoms with E-state index in [1.807, 2.05) is 11.8 Å². The molecule has 1 aliphatic rings. The molecule has 1 fully saturated rings. The molecule has 0 bridgehead atoms. The lowest BCUT2D eigenvalue weighted by Crippen LogP contribution is -2.44. The SMILES string of the molecule is CCNC(=NCCc1c(F)cccc1F)NC1CCN(c2ncccc2F)C1.I. The first-order valence-electron chi connectivity index (χ1n) is 9.41. The Bertz CT molecular complexity index is 813. The van der Waals surface area contributed by atoms with Gasteiger partial charge in [0.15, 0.2) is 17.6 Å². The second-order valence-electron chi connectivity index (χ2n) is 6.60. The first-order chi connectivity index (χ1) is 13.6. The van der Waals surface area contributed by atoms with Gasteiger partial charge in [0.1, 0.15) is 11.6 Å². The number of guanidine groups is 1. The Morgan fingerprint density at radius 3 is 2.59 bits per heavy atom. The van der Waals surface area contributed by atoms with Crippen molar-refractivity contribution in [2.45, 2.75) is 25.8 Å². The molecule has 1 saturated heterocycles. The molecule has 9 heteroatoms. The lowest BCUT2D eigenvalue weighted by molar-refractivity contribution is 0.555. The fraction of sp³-hybridized carbons (Fsp3) is 0.400. The van der Waals surface area contributed by atoms with Gasteiger partial charge in [0.25, 0.3) is 0 Å². The number of nitrogens with zero attached hydrogens (tertiary/aromatic N) is 3. The van der Waals surface area contributed by atoms with Crippen LogP contribution >= 0.6 is 24.0 Å². The Kier molecular flexibility index (Phi) is 8.99. The topological polar surface area (TPSA) is 52.6 Å². The van der Waals surface area contributed by atoms with E-state index < -0.39 is 11.6 Å². The highest BCUT2D eigenvalue weighted by molar-refractivity contribution is 14.0. The van der Waals surface area contributed by atoms with Gasteiger partial charge in [-0.1, -0.05) is 6.07 Å². The van der Waals surface area contributed by atoms with Crippen LogP contribution in [0.15, 0.2) is 41.5 Å². The maximum absolute atomic E-state index is 13.9. The van der Waals surface area contributed by atoms with Gasteiger partial charge in [0, 0.05) is 44.0 Å². The van der Waals surface area contributed by atoms with Gasteiger partial charge in [-0.15, -0.1) is 24.0 Å². The third-order valence-corrected chi connectivity index (χ3v) is 4.61. The van der Waals surface area contributed by atoms with Crippen LogP contribution in [0, 0.1) is 17.5 Å². The number of nitrogens with one attached hydrogen (secondary N) is 2. The normalized spacial score (nSPS) is 16.5. The molecule has 2 heterocycles. The van der Waals surface area contributed by atoms with Crippen molar-refractivity contribution in [2.24, 2.45) is 4.99 Å². The summed E-state index contributed by atoms with van der Waals surface area (Å²) < 4.78 is 41.4. The van der Waals surface area contributed by atoms with Crippen LogP contribution in [0.5, 0.6) is 0 Å². The Morgan fingerprint density at radius 1 is 1.17 bits per heavy atom. The van der Waals surface area contributed by atoms with Gasteiger partial charge in [-0.3, -0.25) is 4.99 Å². The van der Waals surface area contributed by atoms with Crippen LogP contribution in [-0.2, 0) is 6.42 Å². The van der Waals surface area contributed by atoms with Crippen LogP contribution in [0.1, 0.15) is 18.9 Å². The van der Waals surface area contributed by atoms with Gasteiger partial charge in [-0.2, -0.15) is 0 Å². The Morgan fingerprint density at radius 2 is 1.90 bits per heavy atom. The monoisotopic (exact) mass is 519 g/mol. The lowest BCUT2D eigenvalue weighted by Gasteiger charge is -2.20. The number of halogens is 4. The molecule has 0 amide bonds. The van der Waals surface area contributed by atoms with Gasteiger partial charge in [-0.05, 0) is 44.0 Å². The summed E-state index contributed by atoms with van der Waals surface area (Å²) in [5.41, 5.74) is 0.0415. The van der Waals surface area contributed by atoms with Crippen LogP contribution in [-0.4, -0.2) is 43.2 Å². The van der Waals surface area contributed by atoms with Crippen LogP contribution in [0.3, 0.4) is 0 Å². The van der Waals surface area contributed by atoms with Gasteiger partial charge in [-0.25, -0.2) is 18.2 Å². The minimum atomic E-state index is -0.558. The molecule has 1 aromatic heterocycles. The highest BCUT2D eigenvalue weighted by atomic mass is 127. The van der Waals surface area contributed by atoms with E-state index in [9.17, 15) is 13.2 Å². The number of aliphatic imine (C=N–C) groups is 1. The van der Waals surface area contributed by atoms with Gasteiger partial charge >= 0.3 is 0 Å². The van der Waals surface area contributed by atoms with Crippen LogP contribution < -0.4 is 15.5 Å². The Labute approximate surface area is 185 Å². The zero-order valence-corrected chi connectivity index (χ0v) is 18.5. The van der Waals surface area contributed by atoms with E-state index in [1.54, 1.807) is 12.3 Å². The predicted octanol–water partition coefficient (Wildman–Crippen LogP) is 3.49. The van der Waals surface area contributed by atoms with E-state index in [1.165, 1.54) is 24.3 Å². The molecule has 1 unspecified atom stereocenters. The third kappa shape index (κ3) is 6.22. The molecule has 0 saturated carbocycles. The van der Waals surface area contributed by atoms with E-state index in [2.05, 4.69) is 20.6 Å². The van der Waals surface area contributed by atoms with Gasteiger partial charge < -0.3 is 15.5 Å². The van der Waals surface area contributed by atoms with Crippen LogP contribution in [0.25, 0.3) is 0 Å². The number of rotatable bonds is 6. The van der Waals surface area contributed by atoms with Crippen molar-refractivity contribution in [1.82, 2.24) is 15.6 Å². The molecule has 0 aliphatic carbocycles. The Balaban J connectivity index is 0.00000300. The van der Waals surface area contributed by atoms with Gasteiger partial charge in [0.05, 0.1) is 0 Å². The number of benzene rings is 1. The van der Waals surface area contributed by atoms with Crippen molar-refractivity contribution in [2.75, 3.05) is 31.1 Å². The maximum atomic E-state index is 13.9. The van der Waals surface area contributed by atoms with Gasteiger partial charge in [0.2, 0.25) is 0 Å². The predicted molar refractivity (Wildman–Crippen MR) is 119 cm³/mol. The zero-order chi connectivity index (χ0) is 19.9. The van der Waals surface area contributed by atoms with Crippen LogP contribution in [0.4, 0.5) is 19.0 Å². The molecule has 0 radical (unpaired) electrons. The fourth-order valence-corrected chi connectivity index (χ4v) is 3.24. The summed E-state index contributed by atoms with van der Waals surface area (Å²) in [7, 11) is 0. The number of hydrogen-bond donors (Lipinski definition) is 2. The minimum Gasteiger partial charge on any atom is -0.357 e. The van der Waals surface area contributed by atoms with Crippen molar-refractivity contribution in [3.05, 3.63) is 59.5 Å². The first kappa shape index (κ1) is 23.2. The van der Waals surface area contributed by atoms with Crippen molar-refractivity contribution in [3.63, 3.8) is 0 Å². The summed E-state index contributed by atoms with van der Waals surface area (Å²) >= 11 is 0. The zero-order valence-electron chi connectivity index (χ0n) is 16.2. The van der Waals surface area contributed by atoms with E-state index in [0.717, 1.165) is 6.42 Å². The highest BCUT2D eigenvalue weighted by Gasteiger charge is 2.25. The number of hydrogen-bond acceptors (Lipinski definition) is 3. The van der Waals surface area contributed by atoms with Crippen molar-refractivity contribution < 1.29 is 13.2 Å². The molecule has 3 rings (SSSR count).